The quantitative estimate of drug-likeness (QED) is 0.827. The zero-order chi connectivity index (χ0) is 13.1. The van der Waals surface area contributed by atoms with Crippen molar-refractivity contribution < 1.29 is 0 Å². The van der Waals surface area contributed by atoms with Crippen molar-refractivity contribution in [3.63, 3.8) is 0 Å². The molecule has 5 atom stereocenters. The lowest BCUT2D eigenvalue weighted by Gasteiger charge is -2.45. The smallest absolute Gasteiger partial charge is 0.0275 e. The fourth-order valence-corrected chi connectivity index (χ4v) is 4.39. The number of likely N-dealkylation sites (N-methyl/N-ethyl adjacent to an activating group) is 1. The fraction of sp³-hybridized carbons (Fsp3) is 1.00. The van der Waals surface area contributed by atoms with E-state index in [0.717, 1.165) is 36.4 Å². The monoisotopic (exact) mass is 252 g/mol. The summed E-state index contributed by atoms with van der Waals surface area (Å²) in [4.78, 5) is 2.80. The Morgan fingerprint density at radius 3 is 2.56 bits per heavy atom. The first-order valence-electron chi connectivity index (χ1n) is 8.13. The van der Waals surface area contributed by atoms with Gasteiger partial charge in [-0.2, -0.15) is 0 Å². The molecule has 0 radical (unpaired) electrons. The van der Waals surface area contributed by atoms with Gasteiger partial charge in [0.2, 0.25) is 0 Å². The highest BCUT2D eigenvalue weighted by molar-refractivity contribution is 4.96. The fourth-order valence-electron chi connectivity index (χ4n) is 4.39. The Hall–Kier alpha value is -0.0800. The van der Waals surface area contributed by atoms with Crippen molar-refractivity contribution in [2.24, 2.45) is 17.8 Å². The highest BCUT2D eigenvalue weighted by Crippen LogP contribution is 2.35. The predicted octanol–water partition coefficient (Wildman–Crippen LogP) is 3.13. The molecule has 0 aromatic rings. The average molecular weight is 252 g/mol. The first kappa shape index (κ1) is 14.3. The van der Waals surface area contributed by atoms with E-state index in [4.69, 9.17) is 0 Å². The Balaban J connectivity index is 2.02. The Morgan fingerprint density at radius 1 is 1.17 bits per heavy atom. The van der Waals surface area contributed by atoms with E-state index in [1.165, 1.54) is 38.8 Å². The van der Waals surface area contributed by atoms with Crippen molar-refractivity contribution in [1.82, 2.24) is 10.2 Å². The van der Waals surface area contributed by atoms with Crippen LogP contribution in [0.15, 0.2) is 0 Å². The SMILES string of the molecule is CCNC1CC(C)CC(C)C1N1CCC(CC)C1. The molecule has 0 spiro atoms. The van der Waals surface area contributed by atoms with Gasteiger partial charge in [-0.05, 0) is 50.1 Å². The minimum Gasteiger partial charge on any atom is -0.313 e. The summed E-state index contributed by atoms with van der Waals surface area (Å²) in [5.74, 6) is 2.71. The van der Waals surface area contributed by atoms with Gasteiger partial charge in [-0.1, -0.05) is 34.1 Å². The number of likely N-dealkylation sites (tertiary alicyclic amines) is 1. The predicted molar refractivity (Wildman–Crippen MR) is 78.8 cm³/mol. The third-order valence-corrected chi connectivity index (χ3v) is 5.21. The molecule has 106 valence electrons. The molecule has 2 aliphatic rings. The van der Waals surface area contributed by atoms with Gasteiger partial charge in [0, 0.05) is 18.6 Å². The number of rotatable bonds is 4. The lowest BCUT2D eigenvalue weighted by molar-refractivity contribution is 0.0767. The summed E-state index contributed by atoms with van der Waals surface area (Å²) in [5.41, 5.74) is 0. The first-order valence-corrected chi connectivity index (χ1v) is 8.13. The Bertz CT molecular complexity index is 253. The maximum Gasteiger partial charge on any atom is 0.0275 e. The third-order valence-electron chi connectivity index (χ3n) is 5.21. The van der Waals surface area contributed by atoms with E-state index in [0.29, 0.717) is 0 Å². The van der Waals surface area contributed by atoms with E-state index in [-0.39, 0.29) is 0 Å². The molecule has 5 unspecified atom stereocenters. The summed E-state index contributed by atoms with van der Waals surface area (Å²) < 4.78 is 0. The molecule has 0 aromatic heterocycles. The second kappa shape index (κ2) is 6.38. The van der Waals surface area contributed by atoms with Crippen molar-refractivity contribution >= 4 is 0 Å². The van der Waals surface area contributed by atoms with E-state index in [1.807, 2.05) is 0 Å². The second-order valence-electron chi connectivity index (χ2n) is 6.77. The number of hydrogen-bond acceptors (Lipinski definition) is 2. The van der Waals surface area contributed by atoms with Gasteiger partial charge in [0.25, 0.3) is 0 Å². The van der Waals surface area contributed by atoms with E-state index in [2.05, 4.69) is 37.9 Å². The summed E-state index contributed by atoms with van der Waals surface area (Å²) in [6, 6.07) is 1.52. The highest BCUT2D eigenvalue weighted by Gasteiger charge is 2.39. The number of nitrogens with one attached hydrogen (secondary N) is 1. The molecule has 2 heteroatoms. The van der Waals surface area contributed by atoms with Crippen LogP contribution in [0.2, 0.25) is 0 Å². The molecule has 0 amide bonds. The third kappa shape index (κ3) is 3.08. The molecule has 1 aliphatic heterocycles. The van der Waals surface area contributed by atoms with Gasteiger partial charge in [-0.3, -0.25) is 4.90 Å². The van der Waals surface area contributed by atoms with Gasteiger partial charge in [-0.15, -0.1) is 0 Å². The first-order chi connectivity index (χ1) is 8.65. The van der Waals surface area contributed by atoms with Crippen LogP contribution in [0.4, 0.5) is 0 Å². The molecular formula is C16H32N2. The summed E-state index contributed by atoms with van der Waals surface area (Å²) >= 11 is 0. The van der Waals surface area contributed by atoms with Crippen LogP contribution in [-0.4, -0.2) is 36.6 Å². The van der Waals surface area contributed by atoms with Crippen LogP contribution in [0.5, 0.6) is 0 Å². The molecule has 2 nitrogen and oxygen atoms in total. The molecule has 2 rings (SSSR count). The van der Waals surface area contributed by atoms with Gasteiger partial charge < -0.3 is 5.32 Å². The molecule has 1 heterocycles. The zero-order valence-electron chi connectivity index (χ0n) is 12.8. The van der Waals surface area contributed by atoms with Gasteiger partial charge in [0.05, 0.1) is 0 Å². The van der Waals surface area contributed by atoms with Gasteiger partial charge in [-0.25, -0.2) is 0 Å². The summed E-state index contributed by atoms with van der Waals surface area (Å²) in [6.07, 6.45) is 5.57. The summed E-state index contributed by atoms with van der Waals surface area (Å²) in [6.45, 7) is 13.3. The van der Waals surface area contributed by atoms with Gasteiger partial charge >= 0.3 is 0 Å². The van der Waals surface area contributed by atoms with Gasteiger partial charge in [0.15, 0.2) is 0 Å². The van der Waals surface area contributed by atoms with Crippen molar-refractivity contribution in [2.45, 2.75) is 65.5 Å². The molecule has 1 saturated carbocycles. The molecule has 0 bridgehead atoms. The zero-order valence-corrected chi connectivity index (χ0v) is 12.8. The maximum absolute atomic E-state index is 3.76. The van der Waals surface area contributed by atoms with E-state index < -0.39 is 0 Å². The normalized spacial score (nSPS) is 42.3. The molecule has 1 N–H and O–H groups in total. The largest absolute Gasteiger partial charge is 0.313 e. The van der Waals surface area contributed by atoms with Crippen LogP contribution >= 0.6 is 0 Å². The van der Waals surface area contributed by atoms with E-state index in [9.17, 15) is 0 Å². The Morgan fingerprint density at radius 2 is 1.94 bits per heavy atom. The molecule has 0 aromatic carbocycles. The molecular weight excluding hydrogens is 220 g/mol. The van der Waals surface area contributed by atoms with Crippen LogP contribution in [0.1, 0.15) is 53.4 Å². The van der Waals surface area contributed by atoms with Crippen molar-refractivity contribution in [3.05, 3.63) is 0 Å². The van der Waals surface area contributed by atoms with Gasteiger partial charge in [0.1, 0.15) is 0 Å². The topological polar surface area (TPSA) is 15.3 Å². The van der Waals surface area contributed by atoms with Crippen LogP contribution in [0.25, 0.3) is 0 Å². The highest BCUT2D eigenvalue weighted by atomic mass is 15.2. The molecule has 1 saturated heterocycles. The number of nitrogens with zero attached hydrogens (tertiary/aromatic N) is 1. The minimum atomic E-state index is 0.726. The average Bonchev–Trinajstić information content (AvgIpc) is 2.77. The standard InChI is InChI=1S/C16H32N2/c1-5-14-7-8-18(11-14)16-13(4)9-12(3)10-15(16)17-6-2/h12-17H,5-11H2,1-4H3. The van der Waals surface area contributed by atoms with Crippen LogP contribution in [-0.2, 0) is 0 Å². The van der Waals surface area contributed by atoms with Crippen LogP contribution < -0.4 is 5.32 Å². The van der Waals surface area contributed by atoms with E-state index >= 15 is 0 Å². The Labute approximate surface area is 114 Å². The van der Waals surface area contributed by atoms with E-state index in [1.54, 1.807) is 0 Å². The van der Waals surface area contributed by atoms with Crippen LogP contribution in [0.3, 0.4) is 0 Å². The van der Waals surface area contributed by atoms with Crippen molar-refractivity contribution in [1.29, 1.82) is 0 Å². The van der Waals surface area contributed by atoms with Crippen molar-refractivity contribution in [3.8, 4) is 0 Å². The van der Waals surface area contributed by atoms with Crippen molar-refractivity contribution in [2.75, 3.05) is 19.6 Å². The second-order valence-corrected chi connectivity index (χ2v) is 6.77. The molecule has 2 fully saturated rings. The van der Waals surface area contributed by atoms with Crippen LogP contribution in [0, 0.1) is 17.8 Å². The maximum atomic E-state index is 3.76. The lowest BCUT2D eigenvalue weighted by Crippen LogP contribution is -2.56. The molecule has 18 heavy (non-hydrogen) atoms. The number of hydrogen-bond donors (Lipinski definition) is 1. The minimum absolute atomic E-state index is 0.726. The lowest BCUT2D eigenvalue weighted by atomic mass is 9.76. The Kier molecular flexibility index (Phi) is 5.08. The summed E-state index contributed by atoms with van der Waals surface area (Å²) in [7, 11) is 0. The summed E-state index contributed by atoms with van der Waals surface area (Å²) in [5, 5.41) is 3.76. The molecule has 1 aliphatic carbocycles.